The molecule has 3 aromatic rings. The number of rotatable bonds is 5. The number of hydrogen-bond donors (Lipinski definition) is 1. The first-order valence-corrected chi connectivity index (χ1v) is 8.71. The van der Waals surface area contributed by atoms with Crippen molar-refractivity contribution in [2.75, 3.05) is 16.8 Å². The summed E-state index contributed by atoms with van der Waals surface area (Å²) in [6.45, 7) is 2.50. The molecule has 0 spiro atoms. The molecule has 136 valence electrons. The van der Waals surface area contributed by atoms with Gasteiger partial charge in [0.1, 0.15) is 11.6 Å². The first-order chi connectivity index (χ1) is 13.2. The molecule has 5 nitrogen and oxygen atoms in total. The van der Waals surface area contributed by atoms with Crippen LogP contribution in [0, 0.1) is 5.82 Å². The normalized spacial score (nSPS) is 15.6. The van der Waals surface area contributed by atoms with Crippen molar-refractivity contribution in [3.8, 4) is 5.75 Å². The van der Waals surface area contributed by atoms with E-state index in [4.69, 9.17) is 4.74 Å². The second-order valence-electron chi connectivity index (χ2n) is 6.09. The smallest absolute Gasteiger partial charge is 0.262 e. The Labute approximate surface area is 156 Å². The second-order valence-corrected chi connectivity index (χ2v) is 6.09. The standard InChI is InChI=1S/C21H18FN3O2/c1-2-27-17-11-9-16(10-12-17)25-20(24-15-7-5-14(22)6-8-15)19-18(21(25)26)4-3-13-23-19/h3-13,20,24H,2H2,1H3/t20-/m0/s1. The molecule has 2 aromatic carbocycles. The number of fused-ring (bicyclic) bond motifs is 1. The third kappa shape index (κ3) is 3.21. The number of carbonyl (C=O) groups excluding carboxylic acids is 1. The van der Waals surface area contributed by atoms with Crippen LogP contribution in [0.3, 0.4) is 0 Å². The van der Waals surface area contributed by atoms with E-state index in [0.29, 0.717) is 23.6 Å². The van der Waals surface area contributed by atoms with Gasteiger partial charge in [-0.15, -0.1) is 0 Å². The predicted molar refractivity (Wildman–Crippen MR) is 101 cm³/mol. The zero-order valence-electron chi connectivity index (χ0n) is 14.7. The summed E-state index contributed by atoms with van der Waals surface area (Å²) in [5.41, 5.74) is 2.61. The number of carbonyl (C=O) groups is 1. The van der Waals surface area contributed by atoms with E-state index in [0.717, 1.165) is 11.4 Å². The van der Waals surface area contributed by atoms with E-state index in [2.05, 4.69) is 10.3 Å². The van der Waals surface area contributed by atoms with Crippen LogP contribution in [0.4, 0.5) is 15.8 Å². The highest BCUT2D eigenvalue weighted by Crippen LogP contribution is 2.37. The summed E-state index contributed by atoms with van der Waals surface area (Å²) in [6.07, 6.45) is 1.17. The van der Waals surface area contributed by atoms with E-state index in [-0.39, 0.29) is 11.7 Å². The second kappa shape index (κ2) is 7.07. The van der Waals surface area contributed by atoms with Crippen molar-refractivity contribution >= 4 is 17.3 Å². The van der Waals surface area contributed by atoms with Crippen LogP contribution in [0.2, 0.25) is 0 Å². The van der Waals surface area contributed by atoms with Gasteiger partial charge in [0.05, 0.1) is 17.9 Å². The number of amides is 1. The lowest BCUT2D eigenvalue weighted by Gasteiger charge is -2.26. The molecule has 0 bridgehead atoms. The van der Waals surface area contributed by atoms with Crippen LogP contribution in [0.1, 0.15) is 29.1 Å². The molecule has 0 radical (unpaired) electrons. The summed E-state index contributed by atoms with van der Waals surface area (Å²) >= 11 is 0. The highest BCUT2D eigenvalue weighted by molar-refractivity contribution is 6.11. The Balaban J connectivity index is 1.71. The van der Waals surface area contributed by atoms with Crippen LogP contribution in [0.5, 0.6) is 5.75 Å². The molecule has 1 aliphatic heterocycles. The molecular formula is C21H18FN3O2. The number of nitrogens with zero attached hydrogens (tertiary/aromatic N) is 2. The first-order valence-electron chi connectivity index (χ1n) is 8.71. The van der Waals surface area contributed by atoms with Crippen LogP contribution < -0.4 is 15.0 Å². The van der Waals surface area contributed by atoms with Crippen LogP contribution in [-0.2, 0) is 0 Å². The van der Waals surface area contributed by atoms with Gasteiger partial charge in [0, 0.05) is 17.6 Å². The molecule has 1 N–H and O–H groups in total. The van der Waals surface area contributed by atoms with Crippen molar-refractivity contribution in [2.24, 2.45) is 0 Å². The van der Waals surface area contributed by atoms with Crippen LogP contribution in [-0.4, -0.2) is 17.5 Å². The average molecular weight is 363 g/mol. The van der Waals surface area contributed by atoms with E-state index in [1.165, 1.54) is 12.1 Å². The van der Waals surface area contributed by atoms with Gasteiger partial charge >= 0.3 is 0 Å². The maximum absolute atomic E-state index is 13.2. The SMILES string of the molecule is CCOc1ccc(N2C(=O)c3cccnc3[C@H]2Nc2ccc(F)cc2)cc1. The number of benzene rings is 2. The van der Waals surface area contributed by atoms with E-state index in [1.54, 1.807) is 35.4 Å². The Kier molecular flexibility index (Phi) is 4.46. The van der Waals surface area contributed by atoms with Crippen LogP contribution in [0.25, 0.3) is 0 Å². The quantitative estimate of drug-likeness (QED) is 0.730. The monoisotopic (exact) mass is 363 g/mol. The highest BCUT2D eigenvalue weighted by Gasteiger charge is 2.38. The largest absolute Gasteiger partial charge is 0.494 e. The van der Waals surface area contributed by atoms with Gasteiger partial charge in [-0.25, -0.2) is 4.39 Å². The number of ether oxygens (including phenoxy) is 1. The van der Waals surface area contributed by atoms with Crippen LogP contribution in [0.15, 0.2) is 66.9 Å². The summed E-state index contributed by atoms with van der Waals surface area (Å²) in [6, 6.07) is 16.9. The van der Waals surface area contributed by atoms with Crippen molar-refractivity contribution in [1.82, 2.24) is 4.98 Å². The zero-order valence-corrected chi connectivity index (χ0v) is 14.7. The van der Waals surface area contributed by atoms with Gasteiger partial charge in [-0.05, 0) is 67.6 Å². The van der Waals surface area contributed by atoms with Crippen molar-refractivity contribution in [1.29, 1.82) is 0 Å². The topological polar surface area (TPSA) is 54.5 Å². The van der Waals surface area contributed by atoms with E-state index in [1.807, 2.05) is 31.2 Å². The molecule has 2 heterocycles. The van der Waals surface area contributed by atoms with Gasteiger partial charge in [-0.1, -0.05) is 0 Å². The maximum atomic E-state index is 13.2. The van der Waals surface area contributed by atoms with E-state index < -0.39 is 6.17 Å². The van der Waals surface area contributed by atoms with Gasteiger partial charge in [0.15, 0.2) is 6.17 Å². The number of nitrogens with one attached hydrogen (secondary N) is 1. The molecule has 0 aliphatic carbocycles. The van der Waals surface area contributed by atoms with E-state index >= 15 is 0 Å². The fourth-order valence-electron chi connectivity index (χ4n) is 3.16. The molecule has 1 aromatic heterocycles. The number of pyridine rings is 1. The van der Waals surface area contributed by atoms with Gasteiger partial charge in [-0.3, -0.25) is 14.7 Å². The molecule has 6 heteroatoms. The number of hydrogen-bond acceptors (Lipinski definition) is 4. The Morgan fingerprint density at radius 2 is 1.85 bits per heavy atom. The molecular weight excluding hydrogens is 345 g/mol. The summed E-state index contributed by atoms with van der Waals surface area (Å²) in [5.74, 6) is 0.290. The third-order valence-corrected chi connectivity index (χ3v) is 4.38. The summed E-state index contributed by atoms with van der Waals surface area (Å²) in [5, 5.41) is 3.29. The molecule has 27 heavy (non-hydrogen) atoms. The van der Waals surface area contributed by atoms with Gasteiger partial charge in [-0.2, -0.15) is 0 Å². The van der Waals surface area contributed by atoms with Gasteiger partial charge < -0.3 is 10.1 Å². The fourth-order valence-corrected chi connectivity index (χ4v) is 3.16. The Bertz CT molecular complexity index is 958. The fraction of sp³-hybridized carbons (Fsp3) is 0.143. The van der Waals surface area contributed by atoms with Crippen LogP contribution >= 0.6 is 0 Å². The molecule has 1 atom stereocenters. The summed E-state index contributed by atoms with van der Waals surface area (Å²) < 4.78 is 18.7. The molecule has 0 saturated carbocycles. The van der Waals surface area contributed by atoms with Crippen molar-refractivity contribution < 1.29 is 13.9 Å². The molecule has 1 amide bonds. The molecule has 0 saturated heterocycles. The van der Waals surface area contributed by atoms with Crippen molar-refractivity contribution in [2.45, 2.75) is 13.1 Å². The minimum atomic E-state index is -0.489. The lowest BCUT2D eigenvalue weighted by atomic mass is 10.2. The maximum Gasteiger partial charge on any atom is 0.262 e. The van der Waals surface area contributed by atoms with Gasteiger partial charge in [0.2, 0.25) is 0 Å². The van der Waals surface area contributed by atoms with Crippen molar-refractivity contribution in [3.63, 3.8) is 0 Å². The van der Waals surface area contributed by atoms with E-state index in [9.17, 15) is 9.18 Å². The summed E-state index contributed by atoms with van der Waals surface area (Å²) in [4.78, 5) is 19.1. The lowest BCUT2D eigenvalue weighted by molar-refractivity contribution is 0.0993. The Morgan fingerprint density at radius 1 is 1.11 bits per heavy atom. The summed E-state index contributed by atoms with van der Waals surface area (Å²) in [7, 11) is 0. The lowest BCUT2D eigenvalue weighted by Crippen LogP contribution is -2.32. The number of aromatic nitrogens is 1. The third-order valence-electron chi connectivity index (χ3n) is 4.38. The Morgan fingerprint density at radius 3 is 2.56 bits per heavy atom. The molecule has 0 unspecified atom stereocenters. The minimum Gasteiger partial charge on any atom is -0.494 e. The Hall–Kier alpha value is -3.41. The minimum absolute atomic E-state index is 0.137. The molecule has 0 fully saturated rings. The number of anilines is 2. The van der Waals surface area contributed by atoms with Crippen molar-refractivity contribution in [3.05, 3.63) is 83.9 Å². The highest BCUT2D eigenvalue weighted by atomic mass is 19.1. The predicted octanol–water partition coefficient (Wildman–Crippen LogP) is 4.39. The molecule has 4 rings (SSSR count). The number of halogens is 1. The molecule has 1 aliphatic rings. The van der Waals surface area contributed by atoms with Gasteiger partial charge in [0.25, 0.3) is 5.91 Å². The average Bonchev–Trinajstić information content (AvgIpc) is 2.97. The zero-order chi connectivity index (χ0) is 18.8. The first kappa shape index (κ1) is 17.0.